The van der Waals surface area contributed by atoms with Gasteiger partial charge in [0, 0.05) is 9.58 Å². The number of hydrogen-bond donors (Lipinski definition) is 1. The summed E-state index contributed by atoms with van der Waals surface area (Å²) in [5.41, 5.74) is 1.12. The van der Waals surface area contributed by atoms with Gasteiger partial charge in [0.2, 0.25) is 0 Å². The van der Waals surface area contributed by atoms with Crippen molar-refractivity contribution in [2.45, 2.75) is 50.5 Å². The van der Waals surface area contributed by atoms with E-state index in [1.54, 1.807) is 0 Å². The van der Waals surface area contributed by atoms with Gasteiger partial charge < -0.3 is 5.21 Å². The van der Waals surface area contributed by atoms with Gasteiger partial charge in [-0.15, -0.1) is 11.3 Å². The van der Waals surface area contributed by atoms with Crippen LogP contribution in [-0.2, 0) is 5.54 Å². The molecule has 0 radical (unpaired) electrons. The van der Waals surface area contributed by atoms with Crippen LogP contribution in [0.5, 0.6) is 0 Å². The standard InChI is InChI=1S/C19H24N2OS/c22-20-16-8-10-19(11-9-16,21-12-4-1-5-13-21)18-14-15-6-2-3-7-17(15)23-18/h2-3,6-7,14,22H,1,4-5,8-13H2. The number of nitrogens with zero attached hydrogens (tertiary/aromatic N) is 2. The minimum Gasteiger partial charge on any atom is -0.411 e. The van der Waals surface area contributed by atoms with Gasteiger partial charge in [-0.2, -0.15) is 0 Å². The summed E-state index contributed by atoms with van der Waals surface area (Å²) in [5, 5.41) is 14.0. The molecular formula is C19H24N2OS. The van der Waals surface area contributed by atoms with Crippen molar-refractivity contribution in [1.82, 2.24) is 4.90 Å². The Morgan fingerprint density at radius 1 is 1.04 bits per heavy atom. The molecule has 0 bridgehead atoms. The van der Waals surface area contributed by atoms with Crippen LogP contribution in [0.4, 0.5) is 0 Å². The zero-order chi connectivity index (χ0) is 15.7. The number of rotatable bonds is 2. The molecule has 1 aromatic carbocycles. The zero-order valence-corrected chi connectivity index (χ0v) is 14.3. The number of hydrogen-bond acceptors (Lipinski definition) is 4. The van der Waals surface area contributed by atoms with Gasteiger partial charge in [-0.25, -0.2) is 0 Å². The lowest BCUT2D eigenvalue weighted by atomic mass is 9.77. The SMILES string of the molecule is ON=C1CCC(c2cc3ccccc3s2)(N2CCCCC2)CC1. The lowest BCUT2D eigenvalue weighted by molar-refractivity contribution is 0.0477. The summed E-state index contributed by atoms with van der Waals surface area (Å²) in [4.78, 5) is 4.24. The third-order valence-electron chi connectivity index (χ3n) is 5.64. The average Bonchev–Trinajstić information content (AvgIpc) is 3.07. The number of oxime groups is 1. The second-order valence-corrected chi connectivity index (χ2v) is 7.98. The summed E-state index contributed by atoms with van der Waals surface area (Å²) in [5.74, 6) is 0. The fourth-order valence-corrected chi connectivity index (χ4v) is 5.64. The van der Waals surface area contributed by atoms with Crippen molar-refractivity contribution in [3.8, 4) is 0 Å². The van der Waals surface area contributed by atoms with E-state index in [2.05, 4.69) is 40.4 Å². The molecule has 2 fully saturated rings. The maximum absolute atomic E-state index is 9.13. The Labute approximate surface area is 141 Å². The van der Waals surface area contributed by atoms with E-state index in [0.717, 1.165) is 31.4 Å². The number of piperidine rings is 1. The van der Waals surface area contributed by atoms with Gasteiger partial charge >= 0.3 is 0 Å². The number of fused-ring (bicyclic) bond motifs is 1. The topological polar surface area (TPSA) is 35.8 Å². The second kappa shape index (κ2) is 6.25. The Bertz CT molecular complexity index is 672. The molecule has 1 aromatic heterocycles. The van der Waals surface area contributed by atoms with Crippen molar-refractivity contribution in [3.63, 3.8) is 0 Å². The van der Waals surface area contributed by atoms with E-state index in [1.165, 1.54) is 47.3 Å². The molecule has 0 spiro atoms. The van der Waals surface area contributed by atoms with Crippen molar-refractivity contribution in [1.29, 1.82) is 0 Å². The summed E-state index contributed by atoms with van der Waals surface area (Å²) < 4.78 is 1.39. The van der Waals surface area contributed by atoms with E-state index < -0.39 is 0 Å². The van der Waals surface area contributed by atoms with E-state index in [0.29, 0.717) is 0 Å². The van der Waals surface area contributed by atoms with Crippen molar-refractivity contribution < 1.29 is 5.21 Å². The van der Waals surface area contributed by atoms with Crippen LogP contribution < -0.4 is 0 Å². The van der Waals surface area contributed by atoms with E-state index in [9.17, 15) is 0 Å². The molecule has 4 heteroatoms. The average molecular weight is 328 g/mol. The molecule has 1 saturated carbocycles. The van der Waals surface area contributed by atoms with Crippen LogP contribution in [0.25, 0.3) is 10.1 Å². The minimum atomic E-state index is 0.151. The smallest absolute Gasteiger partial charge is 0.0572 e. The van der Waals surface area contributed by atoms with Gasteiger partial charge in [-0.1, -0.05) is 29.8 Å². The van der Waals surface area contributed by atoms with Crippen molar-refractivity contribution in [3.05, 3.63) is 35.2 Å². The second-order valence-electron chi connectivity index (χ2n) is 6.89. The molecule has 3 nitrogen and oxygen atoms in total. The Hall–Kier alpha value is -1.39. The molecule has 0 amide bonds. The van der Waals surface area contributed by atoms with Crippen LogP contribution >= 0.6 is 11.3 Å². The number of thiophene rings is 1. The Morgan fingerprint density at radius 2 is 1.78 bits per heavy atom. The Balaban J connectivity index is 1.75. The highest BCUT2D eigenvalue weighted by Gasteiger charge is 2.42. The molecular weight excluding hydrogens is 304 g/mol. The highest BCUT2D eigenvalue weighted by atomic mass is 32.1. The molecule has 1 aliphatic carbocycles. The van der Waals surface area contributed by atoms with Gasteiger partial charge in [0.1, 0.15) is 0 Å². The van der Waals surface area contributed by atoms with Gasteiger partial charge in [-0.3, -0.25) is 4.90 Å². The monoisotopic (exact) mass is 328 g/mol. The molecule has 0 unspecified atom stereocenters. The fourth-order valence-electron chi connectivity index (χ4n) is 4.30. The predicted octanol–water partition coefficient (Wildman–Crippen LogP) is 4.99. The van der Waals surface area contributed by atoms with Crippen LogP contribution in [0, 0.1) is 0 Å². The fraction of sp³-hybridized carbons (Fsp3) is 0.526. The van der Waals surface area contributed by atoms with E-state index in [4.69, 9.17) is 5.21 Å². The summed E-state index contributed by atoms with van der Waals surface area (Å²) >= 11 is 1.96. The third kappa shape index (κ3) is 2.68. The first-order valence-electron chi connectivity index (χ1n) is 8.76. The molecule has 1 aliphatic heterocycles. The molecule has 23 heavy (non-hydrogen) atoms. The van der Waals surface area contributed by atoms with Crippen LogP contribution in [0.2, 0.25) is 0 Å². The maximum atomic E-state index is 9.13. The molecule has 2 aliphatic rings. The van der Waals surface area contributed by atoms with Gasteiger partial charge in [-0.05, 0) is 69.1 Å². The third-order valence-corrected chi connectivity index (χ3v) is 6.95. The lowest BCUT2D eigenvalue weighted by Crippen LogP contribution is -2.50. The quantitative estimate of drug-likeness (QED) is 0.623. The van der Waals surface area contributed by atoms with Gasteiger partial charge in [0.05, 0.1) is 11.3 Å². The molecule has 4 rings (SSSR count). The number of benzene rings is 1. The highest BCUT2D eigenvalue weighted by Crippen LogP contribution is 2.46. The lowest BCUT2D eigenvalue weighted by Gasteiger charge is -2.47. The molecule has 2 aromatic rings. The largest absolute Gasteiger partial charge is 0.411 e. The zero-order valence-electron chi connectivity index (χ0n) is 13.5. The predicted molar refractivity (Wildman–Crippen MR) is 96.6 cm³/mol. The van der Waals surface area contributed by atoms with E-state index in [1.807, 2.05) is 11.3 Å². The van der Waals surface area contributed by atoms with E-state index >= 15 is 0 Å². The van der Waals surface area contributed by atoms with E-state index in [-0.39, 0.29) is 5.54 Å². The van der Waals surface area contributed by atoms with Crippen LogP contribution in [0.15, 0.2) is 35.5 Å². The molecule has 0 atom stereocenters. The normalized spacial score (nSPS) is 26.5. The first kappa shape index (κ1) is 15.2. The molecule has 2 heterocycles. The van der Waals surface area contributed by atoms with Gasteiger partial charge in [0.25, 0.3) is 0 Å². The summed E-state index contributed by atoms with van der Waals surface area (Å²) in [6, 6.07) is 11.1. The van der Waals surface area contributed by atoms with Crippen LogP contribution in [0.3, 0.4) is 0 Å². The minimum absolute atomic E-state index is 0.151. The Morgan fingerprint density at radius 3 is 2.48 bits per heavy atom. The summed E-state index contributed by atoms with van der Waals surface area (Å²) in [6.07, 6.45) is 7.99. The van der Waals surface area contributed by atoms with Crippen molar-refractivity contribution in [2.75, 3.05) is 13.1 Å². The molecule has 1 N–H and O–H groups in total. The Kier molecular flexibility index (Phi) is 4.12. The van der Waals surface area contributed by atoms with Crippen molar-refractivity contribution >= 4 is 27.1 Å². The highest BCUT2D eigenvalue weighted by molar-refractivity contribution is 7.19. The molecule has 1 saturated heterocycles. The maximum Gasteiger partial charge on any atom is 0.0572 e. The summed E-state index contributed by atoms with van der Waals surface area (Å²) in [7, 11) is 0. The van der Waals surface area contributed by atoms with Crippen molar-refractivity contribution in [2.24, 2.45) is 5.16 Å². The summed E-state index contributed by atoms with van der Waals surface area (Å²) in [6.45, 7) is 2.42. The van der Waals surface area contributed by atoms with Crippen LogP contribution in [-0.4, -0.2) is 28.9 Å². The van der Waals surface area contributed by atoms with Crippen LogP contribution in [0.1, 0.15) is 49.8 Å². The molecule has 122 valence electrons. The number of likely N-dealkylation sites (tertiary alicyclic amines) is 1. The first-order valence-corrected chi connectivity index (χ1v) is 9.57. The first-order chi connectivity index (χ1) is 11.3. The van der Waals surface area contributed by atoms with Gasteiger partial charge in [0.15, 0.2) is 0 Å².